The van der Waals surface area contributed by atoms with Crippen LogP contribution in [0, 0.1) is 0 Å². The van der Waals surface area contributed by atoms with Gasteiger partial charge in [-0.15, -0.1) is 0 Å². The predicted molar refractivity (Wildman–Crippen MR) is 103 cm³/mol. The molecule has 3 rings (SSSR count). The zero-order chi connectivity index (χ0) is 21.0. The average molecular weight is 405 g/mol. The number of hydrogen-bond acceptors (Lipinski definition) is 3. The first kappa shape index (κ1) is 20.9. The Kier molecular flexibility index (Phi) is 6.22. The Bertz CT molecular complexity index is 877. The number of alkyl halides is 3. The largest absolute Gasteiger partial charge is 0.416 e. The van der Waals surface area contributed by atoms with Crippen molar-refractivity contribution in [2.75, 3.05) is 18.9 Å². The zero-order valence-electron chi connectivity index (χ0n) is 15.9. The topological polar surface area (TPSA) is 61.4 Å². The van der Waals surface area contributed by atoms with Crippen LogP contribution in [0.4, 0.5) is 18.9 Å². The maximum Gasteiger partial charge on any atom is 0.416 e. The third-order valence-corrected chi connectivity index (χ3v) is 4.71. The van der Waals surface area contributed by atoms with Gasteiger partial charge in [-0.2, -0.15) is 13.2 Å². The lowest BCUT2D eigenvalue weighted by Gasteiger charge is -2.22. The van der Waals surface area contributed by atoms with E-state index in [4.69, 9.17) is 0 Å². The van der Waals surface area contributed by atoms with E-state index < -0.39 is 11.7 Å². The monoisotopic (exact) mass is 405 g/mol. The Morgan fingerprint density at radius 1 is 1.10 bits per heavy atom. The summed E-state index contributed by atoms with van der Waals surface area (Å²) >= 11 is 0. The minimum absolute atomic E-state index is 0.121. The summed E-state index contributed by atoms with van der Waals surface area (Å²) in [6.45, 7) is 0.518. The van der Waals surface area contributed by atoms with E-state index in [0.717, 1.165) is 30.5 Å². The number of hydrogen-bond donors (Lipinski definition) is 2. The van der Waals surface area contributed by atoms with Crippen molar-refractivity contribution in [2.45, 2.75) is 31.6 Å². The van der Waals surface area contributed by atoms with Crippen LogP contribution >= 0.6 is 0 Å². The van der Waals surface area contributed by atoms with Crippen molar-refractivity contribution >= 4 is 17.5 Å². The van der Waals surface area contributed by atoms with Crippen LogP contribution in [0.15, 0.2) is 48.5 Å². The van der Waals surface area contributed by atoms with Gasteiger partial charge >= 0.3 is 6.18 Å². The van der Waals surface area contributed by atoms with Gasteiger partial charge in [0, 0.05) is 30.9 Å². The van der Waals surface area contributed by atoms with Crippen LogP contribution in [-0.2, 0) is 17.5 Å². The molecule has 0 aromatic heterocycles. The fraction of sp³-hybridized carbons (Fsp3) is 0.333. The Morgan fingerprint density at radius 2 is 1.79 bits per heavy atom. The molecule has 0 aliphatic heterocycles. The summed E-state index contributed by atoms with van der Waals surface area (Å²) in [6, 6.07) is 11.9. The zero-order valence-corrected chi connectivity index (χ0v) is 15.9. The van der Waals surface area contributed by atoms with Crippen LogP contribution in [0.3, 0.4) is 0 Å². The van der Waals surface area contributed by atoms with Crippen LogP contribution in [-0.4, -0.2) is 36.3 Å². The standard InChI is InChI=1S/C21H22F3N3O2/c1-25-20(29)15-3-2-4-17(11-15)26-19(28)13-27(18-9-10-18)12-14-5-7-16(8-6-14)21(22,23)24/h2-8,11,18H,9-10,12-13H2,1H3,(H,25,29)(H,26,28). The quantitative estimate of drug-likeness (QED) is 0.739. The van der Waals surface area contributed by atoms with Gasteiger partial charge in [-0.25, -0.2) is 0 Å². The van der Waals surface area contributed by atoms with Gasteiger partial charge in [-0.1, -0.05) is 18.2 Å². The molecule has 2 amide bonds. The summed E-state index contributed by atoms with van der Waals surface area (Å²) < 4.78 is 38.1. The number of carbonyl (C=O) groups is 2. The molecule has 8 heteroatoms. The molecule has 0 bridgehead atoms. The van der Waals surface area contributed by atoms with Crippen molar-refractivity contribution < 1.29 is 22.8 Å². The predicted octanol–water partition coefficient (Wildman–Crippen LogP) is 3.67. The van der Waals surface area contributed by atoms with Gasteiger partial charge in [0.25, 0.3) is 5.91 Å². The number of halogens is 3. The molecule has 1 saturated carbocycles. The third-order valence-electron chi connectivity index (χ3n) is 4.71. The molecule has 2 aromatic carbocycles. The molecule has 0 heterocycles. The maximum absolute atomic E-state index is 12.7. The molecule has 0 atom stereocenters. The molecule has 1 fully saturated rings. The molecule has 1 aliphatic rings. The molecule has 5 nitrogen and oxygen atoms in total. The number of anilines is 1. The Balaban J connectivity index is 1.62. The molecular weight excluding hydrogens is 383 g/mol. The van der Waals surface area contributed by atoms with Crippen molar-refractivity contribution in [3.8, 4) is 0 Å². The minimum atomic E-state index is -4.36. The smallest absolute Gasteiger partial charge is 0.355 e. The van der Waals surface area contributed by atoms with E-state index in [-0.39, 0.29) is 24.4 Å². The van der Waals surface area contributed by atoms with Crippen LogP contribution in [0.1, 0.15) is 34.3 Å². The number of nitrogens with one attached hydrogen (secondary N) is 2. The number of rotatable bonds is 7. The van der Waals surface area contributed by atoms with Crippen molar-refractivity contribution in [1.82, 2.24) is 10.2 Å². The first-order valence-corrected chi connectivity index (χ1v) is 9.28. The van der Waals surface area contributed by atoms with Crippen LogP contribution in [0.5, 0.6) is 0 Å². The van der Waals surface area contributed by atoms with Crippen LogP contribution in [0.25, 0.3) is 0 Å². The van der Waals surface area contributed by atoms with Gasteiger partial charge in [-0.05, 0) is 48.7 Å². The highest BCUT2D eigenvalue weighted by Crippen LogP contribution is 2.31. The van der Waals surface area contributed by atoms with Gasteiger partial charge in [0.05, 0.1) is 12.1 Å². The first-order valence-electron chi connectivity index (χ1n) is 9.28. The van der Waals surface area contributed by atoms with Gasteiger partial charge in [0.15, 0.2) is 0 Å². The lowest BCUT2D eigenvalue weighted by atomic mass is 10.1. The van der Waals surface area contributed by atoms with E-state index in [0.29, 0.717) is 17.8 Å². The van der Waals surface area contributed by atoms with E-state index >= 15 is 0 Å². The summed E-state index contributed by atoms with van der Waals surface area (Å²) in [5, 5.41) is 5.31. The van der Waals surface area contributed by atoms with Crippen LogP contribution in [0.2, 0.25) is 0 Å². The van der Waals surface area contributed by atoms with Gasteiger partial charge in [0.2, 0.25) is 5.91 Å². The van der Waals surface area contributed by atoms with E-state index in [1.807, 2.05) is 4.90 Å². The summed E-state index contributed by atoms with van der Waals surface area (Å²) in [4.78, 5) is 26.2. The molecule has 2 aromatic rings. The second-order valence-corrected chi connectivity index (χ2v) is 7.04. The number of nitrogens with zero attached hydrogens (tertiary/aromatic N) is 1. The van der Waals surface area contributed by atoms with Crippen molar-refractivity contribution in [1.29, 1.82) is 0 Å². The van der Waals surface area contributed by atoms with E-state index in [2.05, 4.69) is 10.6 Å². The molecule has 0 radical (unpaired) electrons. The fourth-order valence-electron chi connectivity index (χ4n) is 3.05. The molecule has 29 heavy (non-hydrogen) atoms. The SMILES string of the molecule is CNC(=O)c1cccc(NC(=O)CN(Cc2ccc(C(F)(F)F)cc2)C2CC2)c1. The van der Waals surface area contributed by atoms with Gasteiger partial charge in [-0.3, -0.25) is 14.5 Å². The summed E-state index contributed by atoms with van der Waals surface area (Å²) in [5.41, 5.74) is 0.989. The Labute approximate surface area is 166 Å². The number of carbonyl (C=O) groups excluding carboxylic acids is 2. The highest BCUT2D eigenvalue weighted by atomic mass is 19.4. The van der Waals surface area contributed by atoms with Gasteiger partial charge < -0.3 is 10.6 Å². The Morgan fingerprint density at radius 3 is 2.38 bits per heavy atom. The van der Waals surface area contributed by atoms with Gasteiger partial charge in [0.1, 0.15) is 0 Å². The second kappa shape index (κ2) is 8.65. The van der Waals surface area contributed by atoms with Crippen molar-refractivity contribution in [2.24, 2.45) is 0 Å². The molecular formula is C21H22F3N3O2. The molecule has 2 N–H and O–H groups in total. The summed E-state index contributed by atoms with van der Waals surface area (Å²) in [6.07, 6.45) is -2.45. The van der Waals surface area contributed by atoms with E-state index in [9.17, 15) is 22.8 Å². The van der Waals surface area contributed by atoms with E-state index in [1.165, 1.54) is 19.2 Å². The Hall–Kier alpha value is -2.87. The fourth-order valence-corrected chi connectivity index (χ4v) is 3.05. The summed E-state index contributed by atoms with van der Waals surface area (Å²) in [5.74, 6) is -0.485. The van der Waals surface area contributed by atoms with Crippen molar-refractivity contribution in [3.63, 3.8) is 0 Å². The second-order valence-electron chi connectivity index (χ2n) is 7.04. The van der Waals surface area contributed by atoms with Crippen LogP contribution < -0.4 is 10.6 Å². The third kappa shape index (κ3) is 5.80. The number of amides is 2. The lowest BCUT2D eigenvalue weighted by molar-refractivity contribution is -0.137. The average Bonchev–Trinajstić information content (AvgIpc) is 3.52. The maximum atomic E-state index is 12.7. The molecule has 154 valence electrons. The number of benzene rings is 2. The van der Waals surface area contributed by atoms with E-state index in [1.54, 1.807) is 24.3 Å². The highest BCUT2D eigenvalue weighted by molar-refractivity contribution is 5.97. The molecule has 0 unspecified atom stereocenters. The normalized spacial score (nSPS) is 14.0. The highest BCUT2D eigenvalue weighted by Gasteiger charge is 2.32. The molecule has 0 spiro atoms. The molecule has 1 aliphatic carbocycles. The lowest BCUT2D eigenvalue weighted by Crippen LogP contribution is -2.34. The minimum Gasteiger partial charge on any atom is -0.355 e. The first-order chi connectivity index (χ1) is 13.8. The molecule has 0 saturated heterocycles. The summed E-state index contributed by atoms with van der Waals surface area (Å²) in [7, 11) is 1.53. The van der Waals surface area contributed by atoms with Crippen molar-refractivity contribution in [3.05, 3.63) is 65.2 Å².